The topological polar surface area (TPSA) is 74.2 Å². The summed E-state index contributed by atoms with van der Waals surface area (Å²) in [4.78, 5) is 12.3. The smallest absolute Gasteiger partial charge is 0.251 e. The van der Waals surface area contributed by atoms with Crippen LogP contribution >= 0.6 is 0 Å². The largest absolute Gasteiger partial charge is 0.367 e. The van der Waals surface area contributed by atoms with Gasteiger partial charge in [0, 0.05) is 19.6 Å². The summed E-state index contributed by atoms with van der Waals surface area (Å²) in [6.45, 7) is 1.89. The van der Waals surface area contributed by atoms with Gasteiger partial charge in [-0.15, -0.1) is 0 Å². The number of carbonyl (C=O) groups is 1. The molecule has 1 amide bonds. The molecule has 3 rings (SSSR count). The molecule has 1 aliphatic rings. The zero-order valence-electron chi connectivity index (χ0n) is 14.7. The van der Waals surface area contributed by atoms with Gasteiger partial charge in [0.25, 0.3) is 5.91 Å². The van der Waals surface area contributed by atoms with Crippen molar-refractivity contribution in [2.75, 3.05) is 19.7 Å². The molecule has 1 aliphatic heterocycles. The SMILES string of the molecule is N#C[C@H](Cc1ccc(-c2ccccc2)cc1)NC(=O)[C@@H]1CNCCCO1. The minimum atomic E-state index is -0.572. The van der Waals surface area contributed by atoms with Gasteiger partial charge in [0.05, 0.1) is 6.07 Å². The number of rotatable bonds is 5. The lowest BCUT2D eigenvalue weighted by Gasteiger charge is -2.18. The molecule has 2 N–H and O–H groups in total. The number of hydrogen-bond donors (Lipinski definition) is 2. The number of amides is 1. The maximum Gasteiger partial charge on any atom is 0.251 e. The second kappa shape index (κ2) is 9.14. The van der Waals surface area contributed by atoms with Gasteiger partial charge < -0.3 is 15.4 Å². The van der Waals surface area contributed by atoms with E-state index >= 15 is 0 Å². The molecule has 5 heteroatoms. The van der Waals surface area contributed by atoms with Crippen LogP contribution in [0.4, 0.5) is 0 Å². The van der Waals surface area contributed by atoms with Gasteiger partial charge >= 0.3 is 0 Å². The molecule has 1 heterocycles. The third kappa shape index (κ3) is 4.92. The van der Waals surface area contributed by atoms with E-state index in [0.717, 1.165) is 29.7 Å². The van der Waals surface area contributed by atoms with Crippen molar-refractivity contribution in [3.05, 3.63) is 60.2 Å². The van der Waals surface area contributed by atoms with Gasteiger partial charge in [0.2, 0.25) is 0 Å². The summed E-state index contributed by atoms with van der Waals surface area (Å²) < 4.78 is 5.54. The van der Waals surface area contributed by atoms with Crippen molar-refractivity contribution in [1.29, 1.82) is 5.26 Å². The average molecular weight is 349 g/mol. The van der Waals surface area contributed by atoms with Crippen molar-refractivity contribution >= 4 is 5.91 Å². The minimum absolute atomic E-state index is 0.230. The van der Waals surface area contributed by atoms with E-state index in [2.05, 4.69) is 28.8 Å². The van der Waals surface area contributed by atoms with E-state index in [0.29, 0.717) is 19.6 Å². The van der Waals surface area contributed by atoms with E-state index < -0.39 is 12.1 Å². The number of carbonyl (C=O) groups excluding carboxylic acids is 1. The first-order chi connectivity index (χ1) is 12.8. The third-order valence-corrected chi connectivity index (χ3v) is 4.41. The molecule has 0 unspecified atom stereocenters. The Morgan fingerprint density at radius 2 is 1.92 bits per heavy atom. The van der Waals surface area contributed by atoms with Gasteiger partial charge in [0.1, 0.15) is 12.1 Å². The van der Waals surface area contributed by atoms with Crippen LogP contribution in [-0.4, -0.2) is 37.7 Å². The van der Waals surface area contributed by atoms with Crippen molar-refractivity contribution < 1.29 is 9.53 Å². The molecule has 5 nitrogen and oxygen atoms in total. The molecule has 0 bridgehead atoms. The van der Waals surface area contributed by atoms with Crippen LogP contribution in [0, 0.1) is 11.3 Å². The van der Waals surface area contributed by atoms with Gasteiger partial charge in [-0.05, 0) is 29.7 Å². The Bertz CT molecular complexity index is 745. The average Bonchev–Trinajstić information content (AvgIpc) is 2.98. The summed E-state index contributed by atoms with van der Waals surface area (Å²) >= 11 is 0. The van der Waals surface area contributed by atoms with Crippen molar-refractivity contribution in [3.8, 4) is 17.2 Å². The van der Waals surface area contributed by atoms with Crippen LogP contribution in [0.5, 0.6) is 0 Å². The molecule has 1 saturated heterocycles. The minimum Gasteiger partial charge on any atom is -0.367 e. The summed E-state index contributed by atoms with van der Waals surface area (Å²) in [5, 5.41) is 15.4. The highest BCUT2D eigenvalue weighted by atomic mass is 16.5. The van der Waals surface area contributed by atoms with Crippen molar-refractivity contribution in [1.82, 2.24) is 10.6 Å². The van der Waals surface area contributed by atoms with Gasteiger partial charge in [-0.2, -0.15) is 5.26 Å². The van der Waals surface area contributed by atoms with Gasteiger partial charge in [-0.25, -0.2) is 0 Å². The molecule has 134 valence electrons. The fourth-order valence-electron chi connectivity index (χ4n) is 2.98. The molecule has 0 aromatic heterocycles. The molecule has 0 spiro atoms. The predicted molar refractivity (Wildman–Crippen MR) is 100 cm³/mol. The maximum atomic E-state index is 12.3. The second-order valence-corrected chi connectivity index (χ2v) is 6.37. The fraction of sp³-hybridized carbons (Fsp3) is 0.333. The summed E-state index contributed by atoms with van der Waals surface area (Å²) in [6.07, 6.45) is 0.824. The molecular weight excluding hydrogens is 326 g/mol. The first kappa shape index (κ1) is 18.1. The molecule has 2 atom stereocenters. The van der Waals surface area contributed by atoms with Crippen LogP contribution in [0.1, 0.15) is 12.0 Å². The van der Waals surface area contributed by atoms with Gasteiger partial charge in [0.15, 0.2) is 0 Å². The van der Waals surface area contributed by atoms with Crippen LogP contribution in [0.15, 0.2) is 54.6 Å². The predicted octanol–water partition coefficient (Wildman–Crippen LogP) is 2.28. The number of nitrogens with one attached hydrogen (secondary N) is 2. The Kier molecular flexibility index (Phi) is 6.37. The Labute approximate surface area is 154 Å². The Balaban J connectivity index is 1.59. The Hall–Kier alpha value is -2.68. The lowest BCUT2D eigenvalue weighted by Crippen LogP contribution is -2.46. The zero-order valence-corrected chi connectivity index (χ0v) is 14.7. The van der Waals surface area contributed by atoms with Crippen LogP contribution in [0.2, 0.25) is 0 Å². The molecule has 0 saturated carbocycles. The summed E-state index contributed by atoms with van der Waals surface area (Å²) in [5.74, 6) is -0.230. The van der Waals surface area contributed by atoms with Gasteiger partial charge in [-0.1, -0.05) is 54.6 Å². The van der Waals surface area contributed by atoms with Crippen molar-refractivity contribution in [2.24, 2.45) is 0 Å². The third-order valence-electron chi connectivity index (χ3n) is 4.41. The van der Waals surface area contributed by atoms with E-state index in [-0.39, 0.29) is 5.91 Å². The zero-order chi connectivity index (χ0) is 18.2. The van der Waals surface area contributed by atoms with E-state index in [4.69, 9.17) is 4.74 Å². The molecule has 1 fully saturated rings. The van der Waals surface area contributed by atoms with E-state index in [9.17, 15) is 10.1 Å². The first-order valence-electron chi connectivity index (χ1n) is 8.93. The van der Waals surface area contributed by atoms with Crippen LogP contribution in [0.25, 0.3) is 11.1 Å². The number of nitriles is 1. The molecule has 2 aromatic carbocycles. The highest BCUT2D eigenvalue weighted by Gasteiger charge is 2.23. The molecule has 26 heavy (non-hydrogen) atoms. The van der Waals surface area contributed by atoms with Crippen LogP contribution in [0.3, 0.4) is 0 Å². The van der Waals surface area contributed by atoms with E-state index in [1.54, 1.807) is 0 Å². The lowest BCUT2D eigenvalue weighted by molar-refractivity contribution is -0.132. The Morgan fingerprint density at radius 3 is 2.65 bits per heavy atom. The number of benzene rings is 2. The number of hydrogen-bond acceptors (Lipinski definition) is 4. The molecular formula is C21H23N3O2. The molecule has 2 aromatic rings. The normalized spacial score (nSPS) is 18.3. The van der Waals surface area contributed by atoms with E-state index in [1.165, 1.54) is 0 Å². The monoisotopic (exact) mass is 349 g/mol. The second-order valence-electron chi connectivity index (χ2n) is 6.37. The lowest BCUT2D eigenvalue weighted by atomic mass is 10.0. The van der Waals surface area contributed by atoms with Crippen molar-refractivity contribution in [3.63, 3.8) is 0 Å². The quantitative estimate of drug-likeness (QED) is 0.868. The van der Waals surface area contributed by atoms with E-state index in [1.807, 2.05) is 42.5 Å². The maximum absolute atomic E-state index is 12.3. The van der Waals surface area contributed by atoms with Crippen molar-refractivity contribution in [2.45, 2.75) is 25.0 Å². The number of nitrogens with zero attached hydrogens (tertiary/aromatic N) is 1. The highest BCUT2D eigenvalue weighted by molar-refractivity contribution is 5.81. The summed E-state index contributed by atoms with van der Waals surface area (Å²) in [7, 11) is 0. The summed E-state index contributed by atoms with van der Waals surface area (Å²) in [6, 6.07) is 19.8. The van der Waals surface area contributed by atoms with Crippen LogP contribution < -0.4 is 10.6 Å². The highest BCUT2D eigenvalue weighted by Crippen LogP contribution is 2.19. The fourth-order valence-corrected chi connectivity index (χ4v) is 2.98. The molecule has 0 radical (unpaired) electrons. The van der Waals surface area contributed by atoms with Gasteiger partial charge in [-0.3, -0.25) is 4.79 Å². The first-order valence-corrected chi connectivity index (χ1v) is 8.93. The summed E-state index contributed by atoms with van der Waals surface area (Å²) in [5.41, 5.74) is 3.29. The van der Waals surface area contributed by atoms with Crippen LogP contribution in [-0.2, 0) is 16.0 Å². The Morgan fingerprint density at radius 1 is 1.19 bits per heavy atom. The standard InChI is InChI=1S/C21H23N3O2/c22-14-19(24-21(25)20-15-23-11-4-12-26-20)13-16-7-9-18(10-8-16)17-5-2-1-3-6-17/h1-3,5-10,19-20,23H,4,11-13,15H2,(H,24,25)/t19-,20-/m0/s1. The molecule has 0 aliphatic carbocycles. The number of ether oxygens (including phenoxy) is 1.